The highest BCUT2D eigenvalue weighted by atomic mass is 16.4. The van der Waals surface area contributed by atoms with E-state index in [1.165, 1.54) is 6.26 Å². The zero-order chi connectivity index (χ0) is 11.3. The Morgan fingerprint density at radius 3 is 2.87 bits per heavy atom. The molecule has 7 heteroatoms. The summed E-state index contributed by atoms with van der Waals surface area (Å²) in [5, 5.41) is 12.4. The van der Waals surface area contributed by atoms with E-state index in [1.807, 2.05) is 0 Å². The minimum atomic E-state index is -0.924. The van der Waals surface area contributed by atoms with Crippen LogP contribution in [-0.2, 0) is 9.59 Å². The highest BCUT2D eigenvalue weighted by Crippen LogP contribution is 2.05. The molecule has 1 aromatic heterocycles. The van der Waals surface area contributed by atoms with Crippen molar-refractivity contribution in [3.63, 3.8) is 0 Å². The minimum absolute atomic E-state index is 0.0513. The summed E-state index contributed by atoms with van der Waals surface area (Å²) in [5.41, 5.74) is 0.586. The quantitative estimate of drug-likeness (QED) is 0.506. The summed E-state index contributed by atoms with van der Waals surface area (Å²) in [5.74, 6) is -1.83. The first-order valence-corrected chi connectivity index (χ1v) is 4.01. The van der Waals surface area contributed by atoms with Gasteiger partial charge in [0.25, 0.3) is 0 Å². The smallest absolute Gasteiger partial charge is 0.317 e. The molecule has 0 unspecified atom stereocenters. The molecule has 78 valence electrons. The second kappa shape index (κ2) is 4.76. The molecule has 2 N–H and O–H groups in total. The molecule has 2 amide bonds. The van der Waals surface area contributed by atoms with Gasteiger partial charge >= 0.3 is 17.8 Å². The molecule has 15 heavy (non-hydrogen) atoms. The van der Waals surface area contributed by atoms with Gasteiger partial charge in [-0.2, -0.15) is 10.2 Å². The maximum absolute atomic E-state index is 11.1. The van der Waals surface area contributed by atoms with Gasteiger partial charge in [-0.25, -0.2) is 0 Å². The van der Waals surface area contributed by atoms with Crippen molar-refractivity contribution in [2.75, 3.05) is 11.9 Å². The number of rotatable bonds is 2. The van der Waals surface area contributed by atoms with E-state index in [4.69, 9.17) is 9.68 Å². The van der Waals surface area contributed by atoms with E-state index in [-0.39, 0.29) is 12.6 Å². The molecule has 0 spiro atoms. The van der Waals surface area contributed by atoms with Crippen molar-refractivity contribution in [3.05, 3.63) is 12.0 Å². The Morgan fingerprint density at radius 1 is 1.60 bits per heavy atom. The molecule has 0 fully saturated rings. The van der Waals surface area contributed by atoms with Gasteiger partial charge in [0.15, 0.2) is 0 Å². The lowest BCUT2D eigenvalue weighted by atomic mass is 10.5. The summed E-state index contributed by atoms with van der Waals surface area (Å²) in [4.78, 5) is 25.8. The number of hydrogen-bond donors (Lipinski definition) is 2. The third kappa shape index (κ3) is 3.11. The molecule has 1 aromatic rings. The lowest BCUT2D eigenvalue weighted by molar-refractivity contribution is -0.136. The highest BCUT2D eigenvalue weighted by Gasteiger charge is 2.14. The number of anilines is 1. The van der Waals surface area contributed by atoms with Crippen LogP contribution in [0.1, 0.15) is 5.69 Å². The first-order chi connectivity index (χ1) is 7.13. The molecule has 0 aliphatic carbocycles. The van der Waals surface area contributed by atoms with Gasteiger partial charge in [0.1, 0.15) is 12.8 Å². The topological polar surface area (TPSA) is 108 Å². The lowest BCUT2D eigenvalue weighted by Crippen LogP contribution is -2.35. The first-order valence-electron chi connectivity index (χ1n) is 4.01. The summed E-state index contributed by atoms with van der Waals surface area (Å²) >= 11 is 0. The molecule has 0 saturated carbocycles. The van der Waals surface area contributed by atoms with Crippen molar-refractivity contribution >= 4 is 17.8 Å². The summed E-state index contributed by atoms with van der Waals surface area (Å²) < 4.78 is 4.80. The van der Waals surface area contributed by atoms with Crippen molar-refractivity contribution < 1.29 is 14.0 Å². The lowest BCUT2D eigenvalue weighted by Gasteiger charge is -1.99. The number of nitrogens with zero attached hydrogens (tertiary/aromatic N) is 2. The number of carbonyl (C=O) groups excluding carboxylic acids is 2. The first kappa shape index (κ1) is 10.7. The van der Waals surface area contributed by atoms with Crippen LogP contribution < -0.4 is 10.6 Å². The fourth-order valence-corrected chi connectivity index (χ4v) is 0.765. The summed E-state index contributed by atoms with van der Waals surface area (Å²) in [7, 11) is 0. The minimum Gasteiger partial charge on any atom is -0.432 e. The number of nitriles is 1. The monoisotopic (exact) mass is 208 g/mol. The second-order valence-corrected chi connectivity index (χ2v) is 2.59. The Labute approximate surface area is 85.1 Å². The average molecular weight is 208 g/mol. The van der Waals surface area contributed by atoms with Crippen molar-refractivity contribution in [2.45, 2.75) is 6.92 Å². The predicted octanol–water partition coefficient (Wildman–Crippen LogP) is -0.439. The molecule has 0 aromatic carbocycles. The van der Waals surface area contributed by atoms with Gasteiger partial charge in [-0.3, -0.25) is 14.9 Å². The molecule has 0 atom stereocenters. The zero-order valence-corrected chi connectivity index (χ0v) is 7.90. The fourth-order valence-electron chi connectivity index (χ4n) is 0.765. The van der Waals surface area contributed by atoms with Crippen LogP contribution in [0.5, 0.6) is 0 Å². The number of aryl methyl sites for hydroxylation is 1. The van der Waals surface area contributed by atoms with Crippen LogP contribution in [0.4, 0.5) is 6.01 Å². The summed E-state index contributed by atoms with van der Waals surface area (Å²) in [6, 6.07) is 1.62. The molecule has 0 saturated heterocycles. The maximum Gasteiger partial charge on any atom is 0.317 e. The van der Waals surface area contributed by atoms with Crippen molar-refractivity contribution in [1.82, 2.24) is 10.3 Å². The van der Waals surface area contributed by atoms with Gasteiger partial charge < -0.3 is 9.73 Å². The van der Waals surface area contributed by atoms with Gasteiger partial charge in [-0.1, -0.05) is 0 Å². The molecule has 7 nitrogen and oxygen atoms in total. The van der Waals surface area contributed by atoms with E-state index in [0.717, 1.165) is 0 Å². The molecule has 0 aliphatic heterocycles. The molecule has 0 radical (unpaired) electrons. The van der Waals surface area contributed by atoms with Crippen LogP contribution in [0.15, 0.2) is 10.7 Å². The van der Waals surface area contributed by atoms with Crippen LogP contribution >= 0.6 is 0 Å². The van der Waals surface area contributed by atoms with Gasteiger partial charge in [-0.05, 0) is 6.92 Å². The molecule has 1 heterocycles. The second-order valence-electron chi connectivity index (χ2n) is 2.59. The van der Waals surface area contributed by atoms with Gasteiger partial charge in [0, 0.05) is 0 Å². The van der Waals surface area contributed by atoms with E-state index in [9.17, 15) is 9.59 Å². The normalized spacial score (nSPS) is 9.07. The van der Waals surface area contributed by atoms with E-state index in [2.05, 4.69) is 15.6 Å². The van der Waals surface area contributed by atoms with Crippen LogP contribution in [0.2, 0.25) is 0 Å². The predicted molar refractivity (Wildman–Crippen MR) is 48.5 cm³/mol. The third-order valence-corrected chi connectivity index (χ3v) is 1.37. The maximum atomic E-state index is 11.1. The summed E-state index contributed by atoms with van der Waals surface area (Å²) in [6.45, 7) is 1.45. The van der Waals surface area contributed by atoms with Gasteiger partial charge in [0.05, 0.1) is 11.8 Å². The number of oxazole rings is 1. The van der Waals surface area contributed by atoms with Crippen molar-refractivity contribution in [2.24, 2.45) is 0 Å². The largest absolute Gasteiger partial charge is 0.432 e. The Kier molecular flexibility index (Phi) is 3.40. The average Bonchev–Trinajstić information content (AvgIpc) is 2.60. The zero-order valence-electron chi connectivity index (χ0n) is 7.90. The van der Waals surface area contributed by atoms with Crippen LogP contribution in [0, 0.1) is 18.3 Å². The fraction of sp³-hybridized carbons (Fsp3) is 0.250. The van der Waals surface area contributed by atoms with Crippen LogP contribution in [0.25, 0.3) is 0 Å². The number of nitrogens with one attached hydrogen (secondary N) is 2. The standard InChI is InChI=1S/C8H8N4O3/c1-5-4-15-8(11-5)12-7(14)6(13)10-3-2-9/h4H,3H2,1H3,(H,10,13)(H,11,12,14). The molecule has 1 rings (SSSR count). The molecule has 0 aliphatic rings. The third-order valence-electron chi connectivity index (χ3n) is 1.37. The van der Waals surface area contributed by atoms with Crippen LogP contribution in [0.3, 0.4) is 0 Å². The van der Waals surface area contributed by atoms with Crippen LogP contribution in [-0.4, -0.2) is 23.3 Å². The molecular formula is C8H8N4O3. The van der Waals surface area contributed by atoms with Gasteiger partial charge in [0.2, 0.25) is 0 Å². The van der Waals surface area contributed by atoms with E-state index in [0.29, 0.717) is 5.69 Å². The Morgan fingerprint density at radius 2 is 2.33 bits per heavy atom. The van der Waals surface area contributed by atoms with Crippen molar-refractivity contribution in [3.8, 4) is 6.07 Å². The number of amides is 2. The number of carbonyl (C=O) groups is 2. The number of hydrogen-bond acceptors (Lipinski definition) is 5. The summed E-state index contributed by atoms with van der Waals surface area (Å²) in [6.07, 6.45) is 1.34. The number of aromatic nitrogens is 1. The highest BCUT2D eigenvalue weighted by molar-refractivity contribution is 6.39. The van der Waals surface area contributed by atoms with E-state index < -0.39 is 11.8 Å². The van der Waals surface area contributed by atoms with Crippen molar-refractivity contribution in [1.29, 1.82) is 5.26 Å². The van der Waals surface area contributed by atoms with Gasteiger partial charge in [-0.15, -0.1) is 0 Å². The molecular weight excluding hydrogens is 200 g/mol. The SMILES string of the molecule is Cc1coc(NC(=O)C(=O)NCC#N)n1. The molecule has 0 bridgehead atoms. The Balaban J connectivity index is 2.49. The van der Waals surface area contributed by atoms with E-state index >= 15 is 0 Å². The Bertz CT molecular complexity index is 418. The van der Waals surface area contributed by atoms with E-state index in [1.54, 1.807) is 13.0 Å². The Hall–Kier alpha value is -2.36.